The minimum atomic E-state index is -0.386. The molecule has 1 aliphatic rings. The number of aryl methyl sites for hydroxylation is 2. The minimum absolute atomic E-state index is 0.324. The van der Waals surface area contributed by atoms with E-state index in [1.807, 2.05) is 33.0 Å². The lowest BCUT2D eigenvalue weighted by atomic mass is 10.2. The van der Waals surface area contributed by atoms with Crippen molar-refractivity contribution in [3.05, 3.63) is 65.5 Å². The average molecular weight is 462 g/mol. The Kier molecular flexibility index (Phi) is 6.10. The molecule has 0 saturated carbocycles. The number of rotatable bonds is 7. The van der Waals surface area contributed by atoms with Gasteiger partial charge in [0.1, 0.15) is 17.0 Å². The Morgan fingerprint density at radius 3 is 2.85 bits per heavy atom. The molecule has 0 amide bonds. The molecule has 1 N–H and O–H groups in total. The number of nitrogens with zero attached hydrogens (tertiary/aromatic N) is 6. The van der Waals surface area contributed by atoms with Crippen LogP contribution in [0, 0.1) is 19.7 Å². The number of anilines is 1. The Labute approximate surface area is 197 Å². The molecule has 0 aliphatic carbocycles. The first-order valence-corrected chi connectivity index (χ1v) is 11.6. The van der Waals surface area contributed by atoms with Crippen molar-refractivity contribution >= 4 is 16.7 Å². The second kappa shape index (κ2) is 9.34. The number of pyridine rings is 1. The van der Waals surface area contributed by atoms with Crippen LogP contribution in [0.25, 0.3) is 16.6 Å². The van der Waals surface area contributed by atoms with Gasteiger partial charge < -0.3 is 15.0 Å². The molecule has 0 radical (unpaired) electrons. The zero-order chi connectivity index (χ0) is 23.7. The van der Waals surface area contributed by atoms with E-state index in [1.54, 1.807) is 23.0 Å². The smallest absolute Gasteiger partial charge is 0.179 e. The quantitative estimate of drug-likeness (QED) is 0.449. The third-order valence-electron chi connectivity index (χ3n) is 6.25. The van der Waals surface area contributed by atoms with Gasteiger partial charge in [0.25, 0.3) is 0 Å². The van der Waals surface area contributed by atoms with E-state index in [9.17, 15) is 4.39 Å². The van der Waals surface area contributed by atoms with Gasteiger partial charge in [-0.1, -0.05) is 6.07 Å². The van der Waals surface area contributed by atoms with Gasteiger partial charge in [0.2, 0.25) is 0 Å². The predicted molar refractivity (Wildman–Crippen MR) is 129 cm³/mol. The fourth-order valence-corrected chi connectivity index (χ4v) is 4.56. The van der Waals surface area contributed by atoms with E-state index < -0.39 is 0 Å². The van der Waals surface area contributed by atoms with Crippen LogP contribution in [-0.2, 0) is 6.54 Å². The zero-order valence-electron chi connectivity index (χ0n) is 19.6. The molecule has 4 heterocycles. The molecule has 1 saturated heterocycles. The van der Waals surface area contributed by atoms with Crippen molar-refractivity contribution < 1.29 is 9.13 Å². The van der Waals surface area contributed by atoms with Crippen LogP contribution in [0.4, 0.5) is 10.2 Å². The average Bonchev–Trinajstić information content (AvgIpc) is 3.44. The number of nitrogens with one attached hydrogen (secondary N) is 1. The topological polar surface area (TPSA) is 81.0 Å². The molecule has 4 aromatic rings. The fourth-order valence-electron chi connectivity index (χ4n) is 4.56. The van der Waals surface area contributed by atoms with Crippen LogP contribution in [0.15, 0.2) is 42.7 Å². The third kappa shape index (κ3) is 4.19. The maximum atomic E-state index is 15.0. The highest BCUT2D eigenvalue weighted by Crippen LogP contribution is 2.32. The largest absolute Gasteiger partial charge is 0.494 e. The highest BCUT2D eigenvalue weighted by atomic mass is 19.1. The summed E-state index contributed by atoms with van der Waals surface area (Å²) >= 11 is 0. The summed E-state index contributed by atoms with van der Waals surface area (Å²) in [4.78, 5) is 6.39. The van der Waals surface area contributed by atoms with Gasteiger partial charge >= 0.3 is 0 Å². The summed E-state index contributed by atoms with van der Waals surface area (Å²) in [7, 11) is 0. The first kappa shape index (κ1) is 22.2. The van der Waals surface area contributed by atoms with Gasteiger partial charge in [0, 0.05) is 44.1 Å². The first-order valence-electron chi connectivity index (χ1n) is 11.6. The van der Waals surface area contributed by atoms with Crippen molar-refractivity contribution in [2.24, 2.45) is 0 Å². The van der Waals surface area contributed by atoms with E-state index in [0.29, 0.717) is 24.1 Å². The van der Waals surface area contributed by atoms with E-state index in [-0.39, 0.29) is 5.82 Å². The van der Waals surface area contributed by atoms with Gasteiger partial charge in [0.05, 0.1) is 23.4 Å². The van der Waals surface area contributed by atoms with Gasteiger partial charge in [-0.25, -0.2) is 9.07 Å². The minimum Gasteiger partial charge on any atom is -0.494 e. The Bertz CT molecular complexity index is 1310. The van der Waals surface area contributed by atoms with Crippen LogP contribution in [0.2, 0.25) is 0 Å². The summed E-state index contributed by atoms with van der Waals surface area (Å²) < 4.78 is 22.0. The SMILES string of the molecule is CCOc1ccc(-n2nc3c(N4CCC(NCc5cccnc5)C4)nnc(C)c3c2C)c(F)c1. The van der Waals surface area contributed by atoms with E-state index in [1.165, 1.54) is 6.07 Å². The number of benzene rings is 1. The lowest BCUT2D eigenvalue weighted by Gasteiger charge is -2.18. The van der Waals surface area contributed by atoms with Crippen LogP contribution in [-0.4, -0.2) is 50.7 Å². The molecule has 1 fully saturated rings. The Hall–Kier alpha value is -3.59. The summed E-state index contributed by atoms with van der Waals surface area (Å²) in [5, 5.41) is 18.2. The van der Waals surface area contributed by atoms with Crippen LogP contribution in [0.1, 0.15) is 30.3 Å². The Balaban J connectivity index is 1.43. The summed E-state index contributed by atoms with van der Waals surface area (Å²) in [6.07, 6.45) is 4.65. The van der Waals surface area contributed by atoms with E-state index >= 15 is 0 Å². The van der Waals surface area contributed by atoms with Gasteiger partial charge in [-0.15, -0.1) is 5.10 Å². The Morgan fingerprint density at radius 1 is 1.21 bits per heavy atom. The third-order valence-corrected chi connectivity index (χ3v) is 6.25. The highest BCUT2D eigenvalue weighted by molar-refractivity contribution is 5.92. The van der Waals surface area contributed by atoms with Crippen molar-refractivity contribution in [1.82, 2.24) is 30.3 Å². The second-order valence-corrected chi connectivity index (χ2v) is 8.55. The molecule has 3 aromatic heterocycles. The molecule has 0 bridgehead atoms. The van der Waals surface area contributed by atoms with Gasteiger partial charge in [0.15, 0.2) is 11.6 Å². The highest BCUT2D eigenvalue weighted by Gasteiger charge is 2.27. The molecular formula is C25H28FN7O. The summed E-state index contributed by atoms with van der Waals surface area (Å²) in [5.41, 5.74) is 3.88. The maximum Gasteiger partial charge on any atom is 0.179 e. The fraction of sp³-hybridized carbons (Fsp3) is 0.360. The van der Waals surface area contributed by atoms with Crippen LogP contribution < -0.4 is 15.0 Å². The molecule has 34 heavy (non-hydrogen) atoms. The molecule has 1 unspecified atom stereocenters. The standard InChI is InChI=1S/C25H28FN7O/c1-4-34-20-7-8-22(21(26)12-20)33-17(3)23-16(2)29-30-25(24(23)31-33)32-11-9-19(15-32)28-14-18-6-5-10-27-13-18/h5-8,10,12-13,19,28H,4,9,11,14-15H2,1-3H3. The van der Waals surface area contributed by atoms with E-state index in [4.69, 9.17) is 9.84 Å². The second-order valence-electron chi connectivity index (χ2n) is 8.55. The molecule has 5 rings (SSSR count). The van der Waals surface area contributed by atoms with Gasteiger partial charge in [-0.3, -0.25) is 4.98 Å². The molecule has 176 valence electrons. The number of hydrogen-bond acceptors (Lipinski definition) is 7. The van der Waals surface area contributed by atoms with E-state index in [0.717, 1.165) is 59.7 Å². The van der Waals surface area contributed by atoms with Crippen LogP contribution in [0.5, 0.6) is 5.75 Å². The van der Waals surface area contributed by atoms with Crippen molar-refractivity contribution in [3.63, 3.8) is 0 Å². The van der Waals surface area contributed by atoms with Crippen molar-refractivity contribution in [3.8, 4) is 11.4 Å². The summed E-state index contributed by atoms with van der Waals surface area (Å²) in [6, 6.07) is 9.19. The number of aromatic nitrogens is 5. The molecular weight excluding hydrogens is 433 g/mol. The predicted octanol–water partition coefficient (Wildman–Crippen LogP) is 3.73. The van der Waals surface area contributed by atoms with Gasteiger partial charge in [-0.2, -0.15) is 10.2 Å². The number of hydrogen-bond donors (Lipinski definition) is 1. The monoisotopic (exact) mass is 461 g/mol. The van der Waals surface area contributed by atoms with Gasteiger partial charge in [-0.05, 0) is 51.0 Å². The molecule has 1 atom stereocenters. The summed E-state index contributed by atoms with van der Waals surface area (Å²) in [5.74, 6) is 0.850. The van der Waals surface area contributed by atoms with E-state index in [2.05, 4.69) is 31.5 Å². The normalized spacial score (nSPS) is 15.9. The maximum absolute atomic E-state index is 15.0. The lowest BCUT2D eigenvalue weighted by Crippen LogP contribution is -2.32. The number of fused-ring (bicyclic) bond motifs is 1. The molecule has 9 heteroatoms. The number of ether oxygens (including phenoxy) is 1. The Morgan fingerprint density at radius 2 is 2.09 bits per heavy atom. The van der Waals surface area contributed by atoms with Crippen molar-refractivity contribution in [2.45, 2.75) is 39.8 Å². The van der Waals surface area contributed by atoms with Crippen molar-refractivity contribution in [2.75, 3.05) is 24.6 Å². The molecule has 1 aromatic carbocycles. The first-order chi connectivity index (χ1) is 16.5. The van der Waals surface area contributed by atoms with Crippen LogP contribution in [0.3, 0.4) is 0 Å². The molecule has 1 aliphatic heterocycles. The van der Waals surface area contributed by atoms with Crippen LogP contribution >= 0.6 is 0 Å². The number of halogens is 1. The van der Waals surface area contributed by atoms with Crippen molar-refractivity contribution in [1.29, 1.82) is 0 Å². The molecule has 0 spiro atoms. The zero-order valence-corrected chi connectivity index (χ0v) is 19.6. The molecule has 8 nitrogen and oxygen atoms in total. The lowest BCUT2D eigenvalue weighted by molar-refractivity contribution is 0.338. The summed E-state index contributed by atoms with van der Waals surface area (Å²) in [6.45, 7) is 8.62.